The van der Waals surface area contributed by atoms with Gasteiger partial charge >= 0.3 is 0 Å². The van der Waals surface area contributed by atoms with Gasteiger partial charge in [-0.15, -0.1) is 0 Å². The molecule has 18 heavy (non-hydrogen) atoms. The molecule has 5 heteroatoms. The van der Waals surface area contributed by atoms with Crippen LogP contribution in [0.2, 0.25) is 0 Å². The van der Waals surface area contributed by atoms with Gasteiger partial charge in [0.15, 0.2) is 5.82 Å². The summed E-state index contributed by atoms with van der Waals surface area (Å²) in [7, 11) is 0. The first-order chi connectivity index (χ1) is 8.69. The summed E-state index contributed by atoms with van der Waals surface area (Å²) in [6.07, 6.45) is 3.92. The van der Waals surface area contributed by atoms with Crippen molar-refractivity contribution in [3.63, 3.8) is 0 Å². The maximum atomic E-state index is 4.50. The number of aromatic nitrogens is 4. The molecule has 0 aromatic carbocycles. The van der Waals surface area contributed by atoms with Crippen LogP contribution in [-0.2, 0) is 13.1 Å². The van der Waals surface area contributed by atoms with Crippen LogP contribution in [-0.4, -0.2) is 26.1 Å². The third-order valence-electron chi connectivity index (χ3n) is 2.69. The maximum absolute atomic E-state index is 4.50. The van der Waals surface area contributed by atoms with E-state index in [0.29, 0.717) is 5.92 Å². The first kappa shape index (κ1) is 12.8. The van der Waals surface area contributed by atoms with Gasteiger partial charge in [-0.25, -0.2) is 4.68 Å². The van der Waals surface area contributed by atoms with E-state index in [9.17, 15) is 0 Å². The minimum Gasteiger partial charge on any atom is -0.311 e. The highest BCUT2D eigenvalue weighted by molar-refractivity contribution is 5.19. The van der Waals surface area contributed by atoms with E-state index in [-0.39, 0.29) is 0 Å². The normalized spacial score (nSPS) is 11.3. The fraction of sp³-hybridized carbons (Fsp3) is 0.538. The predicted octanol–water partition coefficient (Wildman–Crippen LogP) is 1.83. The van der Waals surface area contributed by atoms with Gasteiger partial charge in [0.2, 0.25) is 0 Å². The zero-order chi connectivity index (χ0) is 13.0. The van der Waals surface area contributed by atoms with Crippen LogP contribution in [0.5, 0.6) is 0 Å². The van der Waals surface area contributed by atoms with Crippen LogP contribution in [0.3, 0.4) is 0 Å². The first-order valence-corrected chi connectivity index (χ1v) is 6.48. The highest BCUT2D eigenvalue weighted by Gasteiger charge is 2.04. The monoisotopic (exact) mass is 247 g/mol. The average molecular weight is 247 g/mol. The summed E-state index contributed by atoms with van der Waals surface area (Å²) >= 11 is 0. The number of nitrogens with zero attached hydrogens (tertiary/aromatic N) is 4. The largest absolute Gasteiger partial charge is 0.311 e. The third kappa shape index (κ3) is 3.20. The number of hydrogen-bond donors (Lipinski definition) is 1. The molecule has 0 atom stereocenters. The molecule has 0 aliphatic heterocycles. The van der Waals surface area contributed by atoms with E-state index in [1.54, 1.807) is 0 Å². The molecule has 0 unspecified atom stereocenters. The highest BCUT2D eigenvalue weighted by atomic mass is 15.4. The van der Waals surface area contributed by atoms with Crippen LogP contribution >= 0.6 is 0 Å². The van der Waals surface area contributed by atoms with Crippen molar-refractivity contribution in [2.45, 2.75) is 33.9 Å². The predicted molar refractivity (Wildman–Crippen MR) is 71.6 cm³/mol. The minimum atomic E-state index is 0.660. The standard InChI is InChI=1S/C13H21N5/c1-4-17-7-6-13(16-17)18-8-5-12(15-18)10-14-9-11(2)3/h5-8,11,14H,4,9-10H2,1-3H3. The molecule has 0 saturated carbocycles. The number of hydrogen-bond acceptors (Lipinski definition) is 3. The Morgan fingerprint density at radius 2 is 2.06 bits per heavy atom. The van der Waals surface area contributed by atoms with Gasteiger partial charge in [-0.05, 0) is 25.5 Å². The summed E-state index contributed by atoms with van der Waals surface area (Å²) in [4.78, 5) is 0. The summed E-state index contributed by atoms with van der Waals surface area (Å²) in [6.45, 7) is 9.16. The Hall–Kier alpha value is -1.62. The molecule has 98 valence electrons. The molecule has 2 rings (SSSR count). The average Bonchev–Trinajstić information content (AvgIpc) is 2.95. The zero-order valence-electron chi connectivity index (χ0n) is 11.3. The number of rotatable bonds is 6. The molecular weight excluding hydrogens is 226 g/mol. The minimum absolute atomic E-state index is 0.660. The number of nitrogens with one attached hydrogen (secondary N) is 1. The molecule has 2 heterocycles. The van der Waals surface area contributed by atoms with E-state index in [0.717, 1.165) is 31.1 Å². The van der Waals surface area contributed by atoms with E-state index >= 15 is 0 Å². The van der Waals surface area contributed by atoms with Crippen molar-refractivity contribution >= 4 is 0 Å². The number of aryl methyl sites for hydroxylation is 1. The SMILES string of the molecule is CCn1ccc(-n2ccc(CNCC(C)C)n2)n1. The van der Waals surface area contributed by atoms with Crippen LogP contribution in [0.25, 0.3) is 5.82 Å². The molecule has 5 nitrogen and oxygen atoms in total. The van der Waals surface area contributed by atoms with Crippen LogP contribution in [0, 0.1) is 5.92 Å². The van der Waals surface area contributed by atoms with Gasteiger partial charge in [0.1, 0.15) is 0 Å². The topological polar surface area (TPSA) is 47.7 Å². The van der Waals surface area contributed by atoms with Crippen molar-refractivity contribution in [1.29, 1.82) is 0 Å². The van der Waals surface area contributed by atoms with Gasteiger partial charge in [0.05, 0.1) is 5.69 Å². The fourth-order valence-corrected chi connectivity index (χ4v) is 1.72. The molecule has 0 fully saturated rings. The molecule has 0 saturated heterocycles. The highest BCUT2D eigenvalue weighted by Crippen LogP contribution is 2.05. The van der Waals surface area contributed by atoms with E-state index in [1.165, 1.54) is 0 Å². The molecule has 2 aromatic heterocycles. The van der Waals surface area contributed by atoms with Crippen molar-refractivity contribution in [2.24, 2.45) is 5.92 Å². The van der Waals surface area contributed by atoms with Crippen molar-refractivity contribution in [2.75, 3.05) is 6.54 Å². The summed E-state index contributed by atoms with van der Waals surface area (Å²) in [5.74, 6) is 1.53. The molecule has 0 amide bonds. The Morgan fingerprint density at radius 3 is 2.72 bits per heavy atom. The summed E-state index contributed by atoms with van der Waals surface area (Å²) in [5.41, 5.74) is 1.04. The molecule has 0 radical (unpaired) electrons. The lowest BCUT2D eigenvalue weighted by molar-refractivity contribution is 0.546. The zero-order valence-corrected chi connectivity index (χ0v) is 11.3. The van der Waals surface area contributed by atoms with E-state index in [1.807, 2.05) is 33.9 Å². The van der Waals surface area contributed by atoms with Crippen molar-refractivity contribution in [3.8, 4) is 5.82 Å². The van der Waals surface area contributed by atoms with E-state index in [2.05, 4.69) is 36.3 Å². The second-order valence-electron chi connectivity index (χ2n) is 4.81. The third-order valence-corrected chi connectivity index (χ3v) is 2.69. The van der Waals surface area contributed by atoms with Gasteiger partial charge in [-0.1, -0.05) is 13.8 Å². The van der Waals surface area contributed by atoms with Crippen LogP contribution in [0.15, 0.2) is 24.5 Å². The molecule has 1 N–H and O–H groups in total. The van der Waals surface area contributed by atoms with Crippen molar-refractivity contribution in [1.82, 2.24) is 24.9 Å². The second kappa shape index (κ2) is 5.82. The van der Waals surface area contributed by atoms with Gasteiger partial charge in [-0.2, -0.15) is 10.2 Å². The Balaban J connectivity index is 1.97. The lowest BCUT2D eigenvalue weighted by Crippen LogP contribution is -2.19. The molecule has 2 aromatic rings. The fourth-order valence-electron chi connectivity index (χ4n) is 1.72. The van der Waals surface area contributed by atoms with Gasteiger partial charge in [-0.3, -0.25) is 4.68 Å². The Kier molecular flexibility index (Phi) is 4.15. The molecular formula is C13H21N5. The Morgan fingerprint density at radius 1 is 1.22 bits per heavy atom. The quantitative estimate of drug-likeness (QED) is 0.847. The lowest BCUT2D eigenvalue weighted by atomic mass is 10.2. The molecule has 0 bridgehead atoms. The van der Waals surface area contributed by atoms with Crippen molar-refractivity contribution < 1.29 is 0 Å². The Bertz CT molecular complexity index is 483. The molecule has 0 aliphatic rings. The second-order valence-corrected chi connectivity index (χ2v) is 4.81. The van der Waals surface area contributed by atoms with E-state index < -0.39 is 0 Å². The first-order valence-electron chi connectivity index (χ1n) is 6.48. The summed E-state index contributed by atoms with van der Waals surface area (Å²) < 4.78 is 3.71. The van der Waals surface area contributed by atoms with Gasteiger partial charge in [0, 0.05) is 31.5 Å². The molecule has 0 spiro atoms. The van der Waals surface area contributed by atoms with E-state index in [4.69, 9.17) is 0 Å². The Labute approximate surface area is 108 Å². The van der Waals surface area contributed by atoms with Gasteiger partial charge < -0.3 is 5.32 Å². The summed E-state index contributed by atoms with van der Waals surface area (Å²) in [5, 5.41) is 12.3. The lowest BCUT2D eigenvalue weighted by Gasteiger charge is -2.04. The smallest absolute Gasteiger partial charge is 0.174 e. The molecule has 0 aliphatic carbocycles. The van der Waals surface area contributed by atoms with Crippen LogP contribution in [0.1, 0.15) is 26.5 Å². The van der Waals surface area contributed by atoms with Crippen LogP contribution < -0.4 is 5.32 Å². The van der Waals surface area contributed by atoms with Crippen molar-refractivity contribution in [3.05, 3.63) is 30.2 Å². The summed E-state index contributed by atoms with van der Waals surface area (Å²) in [6, 6.07) is 4.00. The van der Waals surface area contributed by atoms with Gasteiger partial charge in [0.25, 0.3) is 0 Å². The maximum Gasteiger partial charge on any atom is 0.174 e. The van der Waals surface area contributed by atoms with Crippen LogP contribution in [0.4, 0.5) is 0 Å².